The highest BCUT2D eigenvalue weighted by Gasteiger charge is 2.09. The largest absolute Gasteiger partial charge is 0.370 e. The molecule has 0 aliphatic heterocycles. The average Bonchev–Trinajstić information content (AvgIpc) is 2.34. The monoisotopic (exact) mass is 247 g/mol. The third-order valence-corrected chi connectivity index (χ3v) is 2.47. The maximum Gasteiger partial charge on any atom is 0.251 e. The fourth-order valence-electron chi connectivity index (χ4n) is 1.50. The molecule has 0 unspecified atom stereocenters. The lowest BCUT2D eigenvalue weighted by molar-refractivity contribution is 0.0962. The van der Waals surface area contributed by atoms with E-state index in [0.29, 0.717) is 16.8 Å². The molecular weight excluding hydrogens is 230 g/mol. The van der Waals surface area contributed by atoms with Crippen LogP contribution in [0, 0.1) is 12.3 Å². The van der Waals surface area contributed by atoms with E-state index in [-0.39, 0.29) is 18.4 Å². The molecule has 0 spiro atoms. The van der Waals surface area contributed by atoms with Crippen molar-refractivity contribution in [1.29, 1.82) is 5.41 Å². The smallest absolute Gasteiger partial charge is 0.251 e. The first kappa shape index (κ1) is 13.7. The minimum absolute atomic E-state index is 0.0431. The van der Waals surface area contributed by atoms with Crippen LogP contribution in [0.4, 0.5) is 0 Å². The van der Waals surface area contributed by atoms with Gasteiger partial charge in [-0.3, -0.25) is 4.79 Å². The number of guanidine groups is 1. The Morgan fingerprint density at radius 3 is 2.61 bits per heavy atom. The Kier molecular flexibility index (Phi) is 4.42. The molecule has 0 radical (unpaired) electrons. The summed E-state index contributed by atoms with van der Waals surface area (Å²) in [5.41, 5.74) is 12.8. The van der Waals surface area contributed by atoms with Crippen molar-refractivity contribution in [1.82, 2.24) is 5.32 Å². The fourth-order valence-corrected chi connectivity index (χ4v) is 1.50. The number of hydrogen-bond acceptors (Lipinski definition) is 3. The molecule has 0 aromatic heterocycles. The van der Waals surface area contributed by atoms with Crippen molar-refractivity contribution >= 4 is 17.6 Å². The van der Waals surface area contributed by atoms with Gasteiger partial charge in [0.15, 0.2) is 5.96 Å². The molecule has 6 nitrogen and oxygen atoms in total. The van der Waals surface area contributed by atoms with Crippen LogP contribution >= 0.6 is 0 Å². The second-order valence-corrected chi connectivity index (χ2v) is 3.83. The average molecular weight is 247 g/mol. The second kappa shape index (κ2) is 5.81. The van der Waals surface area contributed by atoms with Crippen LogP contribution in [0.1, 0.15) is 21.5 Å². The van der Waals surface area contributed by atoms with Crippen LogP contribution in [0.15, 0.2) is 23.2 Å². The van der Waals surface area contributed by atoms with E-state index in [1.165, 1.54) is 0 Å². The number of rotatable bonds is 4. The Morgan fingerprint density at radius 2 is 2.11 bits per heavy atom. The number of aliphatic imine (C=N–C) groups is 1. The lowest BCUT2D eigenvalue weighted by Crippen LogP contribution is -2.24. The van der Waals surface area contributed by atoms with Gasteiger partial charge in [0.05, 0.1) is 12.3 Å². The molecule has 0 bridgehead atoms. The topological polar surface area (TPSA) is 117 Å². The molecule has 18 heavy (non-hydrogen) atoms. The molecule has 6 N–H and O–H groups in total. The van der Waals surface area contributed by atoms with E-state index >= 15 is 0 Å². The molecule has 0 aliphatic rings. The zero-order valence-electron chi connectivity index (χ0n) is 10.4. The van der Waals surface area contributed by atoms with Gasteiger partial charge >= 0.3 is 0 Å². The van der Waals surface area contributed by atoms with Crippen LogP contribution in [-0.4, -0.2) is 31.2 Å². The molecule has 1 rings (SSSR count). The van der Waals surface area contributed by atoms with Gasteiger partial charge < -0.3 is 22.2 Å². The number of carbonyl (C=O) groups is 1. The normalized spacial score (nSPS) is 9.67. The second-order valence-electron chi connectivity index (χ2n) is 3.83. The van der Waals surface area contributed by atoms with Crippen LogP contribution in [0.5, 0.6) is 0 Å². The zero-order chi connectivity index (χ0) is 13.7. The SMILES string of the molecule is CNC(=O)c1ccc(C(=N)CN=C(N)N)cc1C. The van der Waals surface area contributed by atoms with Gasteiger partial charge in [0, 0.05) is 12.6 Å². The van der Waals surface area contributed by atoms with Crippen molar-refractivity contribution in [2.24, 2.45) is 16.5 Å². The number of nitrogens with two attached hydrogens (primary N) is 2. The van der Waals surface area contributed by atoms with Crippen LogP contribution in [0.3, 0.4) is 0 Å². The zero-order valence-corrected chi connectivity index (χ0v) is 10.4. The first-order chi connectivity index (χ1) is 8.45. The Bertz CT molecular complexity index is 503. The number of nitrogens with one attached hydrogen (secondary N) is 2. The minimum Gasteiger partial charge on any atom is -0.370 e. The third kappa shape index (κ3) is 3.31. The lowest BCUT2D eigenvalue weighted by atomic mass is 10.0. The van der Waals surface area contributed by atoms with Gasteiger partial charge in [0.1, 0.15) is 0 Å². The molecule has 96 valence electrons. The Hall–Kier alpha value is -2.37. The summed E-state index contributed by atoms with van der Waals surface area (Å²) in [6, 6.07) is 5.17. The maximum absolute atomic E-state index is 11.5. The number of benzene rings is 1. The molecule has 0 saturated heterocycles. The van der Waals surface area contributed by atoms with Crippen LogP contribution < -0.4 is 16.8 Å². The van der Waals surface area contributed by atoms with E-state index in [1.54, 1.807) is 25.2 Å². The molecular formula is C12H17N5O. The van der Waals surface area contributed by atoms with E-state index in [4.69, 9.17) is 16.9 Å². The number of nitrogens with zero attached hydrogens (tertiary/aromatic N) is 1. The first-order valence-corrected chi connectivity index (χ1v) is 5.41. The molecule has 1 aromatic rings. The number of amides is 1. The Labute approximate surface area is 106 Å². The summed E-state index contributed by atoms with van der Waals surface area (Å²) in [5, 5.41) is 10.4. The number of carbonyl (C=O) groups excluding carboxylic acids is 1. The van der Waals surface area contributed by atoms with Gasteiger partial charge in [0.25, 0.3) is 5.91 Å². The predicted molar refractivity (Wildman–Crippen MR) is 72.1 cm³/mol. The van der Waals surface area contributed by atoms with Crippen LogP contribution in [0.25, 0.3) is 0 Å². The summed E-state index contributed by atoms with van der Waals surface area (Å²) in [6.45, 7) is 1.95. The maximum atomic E-state index is 11.5. The number of aryl methyl sites for hydroxylation is 1. The quantitative estimate of drug-likeness (QED) is 0.443. The summed E-state index contributed by atoms with van der Waals surface area (Å²) >= 11 is 0. The van der Waals surface area contributed by atoms with Crippen molar-refractivity contribution in [2.45, 2.75) is 6.92 Å². The molecule has 1 amide bonds. The van der Waals surface area contributed by atoms with E-state index < -0.39 is 0 Å². The van der Waals surface area contributed by atoms with E-state index in [9.17, 15) is 4.79 Å². The van der Waals surface area contributed by atoms with Crippen molar-refractivity contribution in [3.8, 4) is 0 Å². The molecule has 6 heteroatoms. The first-order valence-electron chi connectivity index (χ1n) is 5.41. The van der Waals surface area contributed by atoms with Crippen molar-refractivity contribution in [2.75, 3.05) is 13.6 Å². The van der Waals surface area contributed by atoms with Crippen molar-refractivity contribution < 1.29 is 4.79 Å². The van der Waals surface area contributed by atoms with Crippen molar-refractivity contribution in [3.63, 3.8) is 0 Å². The highest BCUT2D eigenvalue weighted by Crippen LogP contribution is 2.11. The van der Waals surface area contributed by atoms with Gasteiger partial charge in [-0.05, 0) is 30.2 Å². The molecule has 0 saturated carbocycles. The number of hydrogen-bond donors (Lipinski definition) is 4. The molecule has 1 aromatic carbocycles. The predicted octanol–water partition coefficient (Wildman–Crippen LogP) is -0.00411. The highest BCUT2D eigenvalue weighted by molar-refractivity contribution is 6.02. The van der Waals surface area contributed by atoms with Gasteiger partial charge in [-0.15, -0.1) is 0 Å². The Balaban J connectivity index is 2.94. The van der Waals surface area contributed by atoms with E-state index in [0.717, 1.165) is 5.56 Å². The van der Waals surface area contributed by atoms with Gasteiger partial charge in [-0.25, -0.2) is 4.99 Å². The van der Waals surface area contributed by atoms with Gasteiger partial charge in [-0.2, -0.15) is 0 Å². The summed E-state index contributed by atoms with van der Waals surface area (Å²) in [5.74, 6) is -0.187. The third-order valence-electron chi connectivity index (χ3n) is 2.47. The van der Waals surface area contributed by atoms with Gasteiger partial charge in [-0.1, -0.05) is 6.07 Å². The summed E-state index contributed by atoms with van der Waals surface area (Å²) in [7, 11) is 1.58. The summed E-state index contributed by atoms with van der Waals surface area (Å²) in [6.07, 6.45) is 0. The molecule has 0 aliphatic carbocycles. The lowest BCUT2D eigenvalue weighted by Gasteiger charge is -2.07. The fraction of sp³-hybridized carbons (Fsp3) is 0.250. The minimum atomic E-state index is -0.144. The Morgan fingerprint density at radius 1 is 1.44 bits per heavy atom. The highest BCUT2D eigenvalue weighted by atomic mass is 16.1. The summed E-state index contributed by atoms with van der Waals surface area (Å²) < 4.78 is 0. The van der Waals surface area contributed by atoms with Crippen LogP contribution in [0.2, 0.25) is 0 Å². The van der Waals surface area contributed by atoms with Crippen molar-refractivity contribution in [3.05, 3.63) is 34.9 Å². The molecule has 0 heterocycles. The van der Waals surface area contributed by atoms with E-state index in [1.807, 2.05) is 6.92 Å². The molecule has 0 atom stereocenters. The summed E-state index contributed by atoms with van der Waals surface area (Å²) in [4.78, 5) is 15.3. The van der Waals surface area contributed by atoms with Crippen LogP contribution in [-0.2, 0) is 0 Å². The molecule has 0 fully saturated rings. The van der Waals surface area contributed by atoms with Gasteiger partial charge in [0.2, 0.25) is 0 Å². The van der Waals surface area contributed by atoms with E-state index in [2.05, 4.69) is 10.3 Å². The standard InChI is InChI=1S/C12H17N5O/c1-7-5-8(10(13)6-17-12(14)15)3-4-9(7)11(18)16-2/h3-5,13H,6H2,1-2H3,(H,16,18)(H4,14,15,17).